The molecule has 1 atom stereocenters. The second-order valence-electron chi connectivity index (χ2n) is 4.38. The van der Waals surface area contributed by atoms with E-state index in [1.54, 1.807) is 0 Å². The summed E-state index contributed by atoms with van der Waals surface area (Å²) in [5, 5.41) is 0. The quantitative estimate of drug-likeness (QED) is 0.863. The lowest BCUT2D eigenvalue weighted by Gasteiger charge is -2.25. The maximum absolute atomic E-state index is 12.1. The van der Waals surface area contributed by atoms with Crippen molar-refractivity contribution >= 4 is 18.3 Å². The van der Waals surface area contributed by atoms with E-state index >= 15 is 0 Å². The molecule has 0 bridgehead atoms. The Morgan fingerprint density at radius 1 is 1.33 bits per heavy atom. The summed E-state index contributed by atoms with van der Waals surface area (Å²) in [5.41, 5.74) is 6.72. The van der Waals surface area contributed by atoms with E-state index < -0.39 is 0 Å². The topological polar surface area (TPSA) is 46.3 Å². The van der Waals surface area contributed by atoms with E-state index in [1.807, 2.05) is 42.2 Å². The van der Waals surface area contributed by atoms with E-state index in [9.17, 15) is 4.79 Å². The van der Waals surface area contributed by atoms with Crippen LogP contribution < -0.4 is 5.73 Å². The molecule has 1 rings (SSSR count). The predicted octanol–water partition coefficient (Wildman–Crippen LogP) is 2.44. The molecule has 102 valence electrons. The number of nitrogens with two attached hydrogens (primary N) is 1. The van der Waals surface area contributed by atoms with Crippen LogP contribution in [-0.4, -0.2) is 23.9 Å². The maximum atomic E-state index is 12.1. The van der Waals surface area contributed by atoms with Crippen molar-refractivity contribution in [3.8, 4) is 0 Å². The normalized spacial score (nSPS) is 11.5. The van der Waals surface area contributed by atoms with Crippen molar-refractivity contribution in [2.75, 3.05) is 13.1 Å². The van der Waals surface area contributed by atoms with Crippen molar-refractivity contribution < 1.29 is 4.79 Å². The van der Waals surface area contributed by atoms with E-state index in [2.05, 4.69) is 6.92 Å². The average Bonchev–Trinajstić information content (AvgIpc) is 2.37. The summed E-state index contributed by atoms with van der Waals surface area (Å²) >= 11 is 0. The van der Waals surface area contributed by atoms with Gasteiger partial charge in [-0.25, -0.2) is 0 Å². The monoisotopic (exact) mass is 270 g/mol. The molecule has 1 amide bonds. The fraction of sp³-hybridized carbons (Fsp3) is 0.500. The van der Waals surface area contributed by atoms with Gasteiger partial charge < -0.3 is 10.6 Å². The van der Waals surface area contributed by atoms with Gasteiger partial charge >= 0.3 is 0 Å². The van der Waals surface area contributed by atoms with Crippen LogP contribution in [0.2, 0.25) is 0 Å². The van der Waals surface area contributed by atoms with Crippen LogP contribution in [0.3, 0.4) is 0 Å². The van der Waals surface area contributed by atoms with Gasteiger partial charge in [0.15, 0.2) is 0 Å². The molecule has 0 saturated heterocycles. The van der Waals surface area contributed by atoms with Gasteiger partial charge in [0, 0.05) is 25.6 Å². The second-order valence-corrected chi connectivity index (χ2v) is 4.38. The van der Waals surface area contributed by atoms with E-state index in [0.29, 0.717) is 13.1 Å². The lowest BCUT2D eigenvalue weighted by Crippen LogP contribution is -2.37. The summed E-state index contributed by atoms with van der Waals surface area (Å²) in [6.45, 7) is 5.85. The summed E-state index contributed by atoms with van der Waals surface area (Å²) < 4.78 is 0. The lowest BCUT2D eigenvalue weighted by molar-refractivity contribution is -0.135. The summed E-state index contributed by atoms with van der Waals surface area (Å²) in [6, 6.07) is 10.1. The molecule has 0 fully saturated rings. The summed E-state index contributed by atoms with van der Waals surface area (Å²) in [6.07, 6.45) is 0.968. The number of benzene rings is 1. The molecular weight excluding hydrogens is 248 g/mol. The number of carbonyl (C=O) groups is 1. The molecule has 0 radical (unpaired) electrons. The highest BCUT2D eigenvalue weighted by Gasteiger charge is 2.18. The van der Waals surface area contributed by atoms with Gasteiger partial charge in [0.1, 0.15) is 0 Å². The Morgan fingerprint density at radius 2 is 1.94 bits per heavy atom. The Balaban J connectivity index is 0.00000289. The molecule has 0 aliphatic heterocycles. The smallest absolute Gasteiger partial charge is 0.226 e. The molecule has 0 heterocycles. The number of amides is 1. The van der Waals surface area contributed by atoms with Gasteiger partial charge in [-0.3, -0.25) is 4.79 Å². The van der Waals surface area contributed by atoms with Crippen LogP contribution in [0.4, 0.5) is 0 Å². The Morgan fingerprint density at radius 3 is 2.44 bits per heavy atom. The van der Waals surface area contributed by atoms with Crippen LogP contribution in [0.15, 0.2) is 30.3 Å². The average molecular weight is 271 g/mol. The highest BCUT2D eigenvalue weighted by molar-refractivity contribution is 5.85. The number of rotatable bonds is 6. The van der Waals surface area contributed by atoms with Crippen LogP contribution >= 0.6 is 12.4 Å². The van der Waals surface area contributed by atoms with Crippen molar-refractivity contribution in [1.82, 2.24) is 4.90 Å². The van der Waals surface area contributed by atoms with Gasteiger partial charge in [0.2, 0.25) is 5.91 Å². The number of hydrogen-bond donors (Lipinski definition) is 1. The van der Waals surface area contributed by atoms with Gasteiger partial charge in [-0.15, -0.1) is 12.4 Å². The van der Waals surface area contributed by atoms with Gasteiger partial charge in [-0.05, 0) is 12.0 Å². The Hall–Kier alpha value is -1.06. The van der Waals surface area contributed by atoms with Crippen molar-refractivity contribution in [1.29, 1.82) is 0 Å². The largest absolute Gasteiger partial charge is 0.338 e. The third kappa shape index (κ3) is 5.07. The van der Waals surface area contributed by atoms with E-state index in [4.69, 9.17) is 5.73 Å². The molecule has 1 aromatic rings. The molecule has 3 nitrogen and oxygen atoms in total. The maximum Gasteiger partial charge on any atom is 0.226 e. The van der Waals surface area contributed by atoms with Gasteiger partial charge in [0.25, 0.3) is 0 Å². The predicted molar refractivity (Wildman–Crippen MR) is 77.6 cm³/mol. The van der Waals surface area contributed by atoms with Crippen molar-refractivity contribution in [3.05, 3.63) is 35.9 Å². The number of carbonyl (C=O) groups excluding carboxylic acids is 1. The van der Waals surface area contributed by atoms with E-state index in [0.717, 1.165) is 13.0 Å². The standard InChI is InChI=1S/C14H22N2O.ClH/c1-3-9-16(14(17)12(2)10-15)11-13-7-5-4-6-8-13;/h4-8,12H,3,9-11,15H2,1-2H3;1H. The number of hydrogen-bond acceptors (Lipinski definition) is 2. The Labute approximate surface area is 116 Å². The summed E-state index contributed by atoms with van der Waals surface area (Å²) in [4.78, 5) is 14.0. The summed E-state index contributed by atoms with van der Waals surface area (Å²) in [7, 11) is 0. The fourth-order valence-electron chi connectivity index (χ4n) is 1.75. The minimum atomic E-state index is -0.0923. The Kier molecular flexibility index (Phi) is 8.42. The third-order valence-corrected chi connectivity index (χ3v) is 2.80. The van der Waals surface area contributed by atoms with Crippen LogP contribution in [0, 0.1) is 5.92 Å². The zero-order valence-electron chi connectivity index (χ0n) is 11.1. The fourth-order valence-corrected chi connectivity index (χ4v) is 1.75. The molecule has 2 N–H and O–H groups in total. The lowest BCUT2D eigenvalue weighted by atomic mass is 10.1. The van der Waals surface area contributed by atoms with Gasteiger partial charge in [0.05, 0.1) is 0 Å². The zero-order chi connectivity index (χ0) is 12.7. The number of nitrogens with zero attached hydrogens (tertiary/aromatic N) is 1. The minimum Gasteiger partial charge on any atom is -0.338 e. The van der Waals surface area contributed by atoms with Crippen LogP contribution in [-0.2, 0) is 11.3 Å². The first-order chi connectivity index (χ1) is 8.19. The molecule has 0 aromatic heterocycles. The van der Waals surface area contributed by atoms with E-state index in [-0.39, 0.29) is 24.2 Å². The molecule has 0 saturated carbocycles. The highest BCUT2D eigenvalue weighted by atomic mass is 35.5. The highest BCUT2D eigenvalue weighted by Crippen LogP contribution is 2.09. The number of halogens is 1. The van der Waals surface area contributed by atoms with Crippen LogP contribution in [0.1, 0.15) is 25.8 Å². The summed E-state index contributed by atoms with van der Waals surface area (Å²) in [5.74, 6) is 0.0588. The molecule has 0 aliphatic carbocycles. The first-order valence-electron chi connectivity index (χ1n) is 6.21. The molecule has 4 heteroatoms. The van der Waals surface area contributed by atoms with E-state index in [1.165, 1.54) is 5.56 Å². The zero-order valence-corrected chi connectivity index (χ0v) is 12.0. The molecular formula is C14H23ClN2O. The van der Waals surface area contributed by atoms with Crippen molar-refractivity contribution in [2.24, 2.45) is 11.7 Å². The molecule has 0 spiro atoms. The minimum absolute atomic E-state index is 0. The first-order valence-corrected chi connectivity index (χ1v) is 6.21. The molecule has 0 aliphatic rings. The van der Waals surface area contributed by atoms with Crippen molar-refractivity contribution in [2.45, 2.75) is 26.8 Å². The van der Waals surface area contributed by atoms with Gasteiger partial charge in [-0.1, -0.05) is 44.2 Å². The Bertz CT molecular complexity index is 343. The van der Waals surface area contributed by atoms with Crippen LogP contribution in [0.25, 0.3) is 0 Å². The third-order valence-electron chi connectivity index (χ3n) is 2.80. The van der Waals surface area contributed by atoms with Crippen LogP contribution in [0.5, 0.6) is 0 Å². The molecule has 18 heavy (non-hydrogen) atoms. The first kappa shape index (κ1) is 16.9. The van der Waals surface area contributed by atoms with Gasteiger partial charge in [-0.2, -0.15) is 0 Å². The second kappa shape index (κ2) is 8.95. The van der Waals surface area contributed by atoms with Crippen molar-refractivity contribution in [3.63, 3.8) is 0 Å². The SMILES string of the molecule is CCCN(Cc1ccccc1)C(=O)C(C)CN.Cl. The molecule has 1 unspecified atom stereocenters. The molecule has 1 aromatic carbocycles.